The average Bonchev–Trinajstić information content (AvgIpc) is 3.31. The SMILES string of the molecule is C=C(/C(=C\C=C/COC)OC)n1c(NS(=O)(=O)[C@@H](C)[C@H](C)c2ccc(Cl)cn2)nnc1[C@H]1COCCO1. The molecule has 1 aliphatic heterocycles. The maximum atomic E-state index is 13.4. The van der Waals surface area contributed by atoms with E-state index in [9.17, 15) is 8.42 Å². The zero-order chi connectivity index (χ0) is 27.0. The van der Waals surface area contributed by atoms with Crippen LogP contribution in [-0.4, -0.2) is 74.1 Å². The lowest BCUT2D eigenvalue weighted by atomic mass is 10.0. The summed E-state index contributed by atoms with van der Waals surface area (Å²) in [7, 11) is -0.881. The van der Waals surface area contributed by atoms with Gasteiger partial charge in [0.05, 0.1) is 49.5 Å². The van der Waals surface area contributed by atoms with Crippen molar-refractivity contribution >= 4 is 33.3 Å². The molecule has 1 saturated heterocycles. The molecule has 0 radical (unpaired) electrons. The van der Waals surface area contributed by atoms with E-state index in [1.54, 1.807) is 51.3 Å². The predicted octanol–water partition coefficient (Wildman–Crippen LogP) is 3.55. The van der Waals surface area contributed by atoms with Crippen LogP contribution in [-0.2, 0) is 29.0 Å². The van der Waals surface area contributed by atoms with Gasteiger partial charge >= 0.3 is 0 Å². The number of aromatic nitrogens is 4. The van der Waals surface area contributed by atoms with Crippen molar-refractivity contribution in [2.45, 2.75) is 31.1 Å². The van der Waals surface area contributed by atoms with Crippen molar-refractivity contribution in [2.24, 2.45) is 0 Å². The fourth-order valence-corrected chi connectivity index (χ4v) is 4.92. The Hall–Kier alpha value is -2.77. The summed E-state index contributed by atoms with van der Waals surface area (Å²) >= 11 is 5.93. The second kappa shape index (κ2) is 13.2. The summed E-state index contributed by atoms with van der Waals surface area (Å²) in [6.45, 7) is 8.95. The van der Waals surface area contributed by atoms with Crippen molar-refractivity contribution < 1.29 is 27.4 Å². The minimum atomic E-state index is -3.95. The topological polar surface area (TPSA) is 127 Å². The lowest BCUT2D eigenvalue weighted by molar-refractivity contribution is -0.0940. The van der Waals surface area contributed by atoms with Gasteiger partial charge < -0.3 is 18.9 Å². The summed E-state index contributed by atoms with van der Waals surface area (Å²) in [4.78, 5) is 4.27. The monoisotopic (exact) mass is 553 g/mol. The quantitative estimate of drug-likeness (QED) is 0.310. The summed E-state index contributed by atoms with van der Waals surface area (Å²) in [5, 5.41) is 7.94. The third-order valence-electron chi connectivity index (χ3n) is 5.86. The molecule has 0 unspecified atom stereocenters. The summed E-state index contributed by atoms with van der Waals surface area (Å²) in [5.41, 5.74) is 0.894. The zero-order valence-electron chi connectivity index (χ0n) is 21.3. The van der Waals surface area contributed by atoms with E-state index >= 15 is 0 Å². The van der Waals surface area contributed by atoms with Gasteiger partial charge in [-0.1, -0.05) is 37.3 Å². The fraction of sp³-hybridized carbons (Fsp3) is 0.458. The first-order valence-electron chi connectivity index (χ1n) is 11.6. The average molecular weight is 554 g/mol. The minimum absolute atomic E-state index is 0.0545. The fourth-order valence-electron chi connectivity index (χ4n) is 3.56. The van der Waals surface area contributed by atoms with Crippen molar-refractivity contribution in [3.63, 3.8) is 0 Å². The molecule has 3 heterocycles. The van der Waals surface area contributed by atoms with Crippen LogP contribution in [0.25, 0.3) is 5.70 Å². The highest BCUT2D eigenvalue weighted by Gasteiger charge is 2.33. The third-order valence-corrected chi connectivity index (χ3v) is 7.93. The number of hydrogen-bond acceptors (Lipinski definition) is 9. The van der Waals surface area contributed by atoms with Gasteiger partial charge in [0.1, 0.15) is 11.9 Å². The van der Waals surface area contributed by atoms with Crippen LogP contribution in [0.1, 0.15) is 37.4 Å². The molecular weight excluding hydrogens is 522 g/mol. The lowest BCUT2D eigenvalue weighted by Crippen LogP contribution is -2.31. The molecule has 0 amide bonds. The molecule has 0 saturated carbocycles. The molecule has 0 spiro atoms. The third kappa shape index (κ3) is 7.17. The van der Waals surface area contributed by atoms with Crippen LogP contribution in [0.3, 0.4) is 0 Å². The highest BCUT2D eigenvalue weighted by molar-refractivity contribution is 7.93. The van der Waals surface area contributed by atoms with Crippen molar-refractivity contribution in [1.29, 1.82) is 0 Å². The van der Waals surface area contributed by atoms with Crippen LogP contribution in [0.4, 0.5) is 5.95 Å². The predicted molar refractivity (Wildman–Crippen MR) is 141 cm³/mol. The molecule has 0 aliphatic carbocycles. The number of nitrogens with one attached hydrogen (secondary N) is 1. The maximum Gasteiger partial charge on any atom is 0.243 e. The molecule has 1 N–H and O–H groups in total. The number of allylic oxidation sites excluding steroid dienone is 3. The molecule has 37 heavy (non-hydrogen) atoms. The molecule has 11 nitrogen and oxygen atoms in total. The highest BCUT2D eigenvalue weighted by Crippen LogP contribution is 2.30. The summed E-state index contributed by atoms with van der Waals surface area (Å²) in [6.07, 6.45) is 6.12. The maximum absolute atomic E-state index is 13.4. The van der Waals surface area contributed by atoms with Gasteiger partial charge in [-0.05, 0) is 25.1 Å². The summed E-state index contributed by atoms with van der Waals surface area (Å²) in [5.74, 6) is 0.189. The zero-order valence-corrected chi connectivity index (χ0v) is 22.8. The number of pyridine rings is 1. The molecule has 0 aromatic carbocycles. The molecule has 3 atom stereocenters. The minimum Gasteiger partial charge on any atom is -0.495 e. The van der Waals surface area contributed by atoms with E-state index in [4.69, 9.17) is 30.5 Å². The molecule has 3 rings (SSSR count). The summed E-state index contributed by atoms with van der Waals surface area (Å²) in [6, 6.07) is 3.38. The molecule has 2 aromatic rings. The molecular formula is C24H32ClN5O6S. The van der Waals surface area contributed by atoms with Gasteiger partial charge in [0.2, 0.25) is 16.0 Å². The molecule has 1 aliphatic rings. The van der Waals surface area contributed by atoms with Crippen LogP contribution in [0.2, 0.25) is 5.02 Å². The number of nitrogens with zero attached hydrogens (tertiary/aromatic N) is 4. The Bertz CT molecular complexity index is 1220. The van der Waals surface area contributed by atoms with Gasteiger partial charge in [-0.3, -0.25) is 14.3 Å². The van der Waals surface area contributed by atoms with E-state index in [1.807, 2.05) is 0 Å². The van der Waals surface area contributed by atoms with Crippen molar-refractivity contribution in [3.8, 4) is 0 Å². The second-order valence-corrected chi connectivity index (χ2v) is 10.7. The Balaban J connectivity index is 1.96. The molecule has 13 heteroatoms. The van der Waals surface area contributed by atoms with Crippen molar-refractivity contribution in [3.05, 3.63) is 65.4 Å². The van der Waals surface area contributed by atoms with Crippen LogP contribution < -0.4 is 4.72 Å². The molecule has 0 bridgehead atoms. The smallest absolute Gasteiger partial charge is 0.243 e. The number of anilines is 1. The molecule has 202 valence electrons. The number of methoxy groups -OCH3 is 2. The van der Waals surface area contributed by atoms with Gasteiger partial charge in [0, 0.05) is 24.9 Å². The highest BCUT2D eigenvalue weighted by atomic mass is 35.5. The first-order valence-corrected chi connectivity index (χ1v) is 13.5. The van der Waals surface area contributed by atoms with Crippen molar-refractivity contribution in [1.82, 2.24) is 19.7 Å². The number of rotatable bonds is 12. The largest absolute Gasteiger partial charge is 0.495 e. The Morgan fingerprint density at radius 3 is 2.73 bits per heavy atom. The van der Waals surface area contributed by atoms with E-state index < -0.39 is 27.3 Å². The first-order chi connectivity index (χ1) is 17.7. The van der Waals surface area contributed by atoms with Gasteiger partial charge in [-0.25, -0.2) is 8.42 Å². The lowest BCUT2D eigenvalue weighted by Gasteiger charge is -2.24. The van der Waals surface area contributed by atoms with E-state index in [1.165, 1.54) is 17.9 Å². The Morgan fingerprint density at radius 1 is 1.32 bits per heavy atom. The Labute approximate surface area is 222 Å². The standard InChI is InChI=1S/C24H32ClN5O6S/c1-16(20-10-9-19(25)14-26-20)18(3)37(31,32)29-24-28-27-23(22-15-35-12-13-36-22)30(24)17(2)21(34-5)8-6-7-11-33-4/h6-10,14,16,18,22H,2,11-13,15H2,1,3-5H3,(H,28,29)/b7-6-,21-8+/t16-,18-,22+/m0/s1. The van der Waals surface area contributed by atoms with Gasteiger partial charge in [0.25, 0.3) is 0 Å². The number of halogens is 1. The van der Waals surface area contributed by atoms with E-state index in [2.05, 4.69) is 26.5 Å². The van der Waals surface area contributed by atoms with Crippen molar-refractivity contribution in [2.75, 3.05) is 45.4 Å². The number of sulfonamides is 1. The first kappa shape index (κ1) is 28.8. The van der Waals surface area contributed by atoms with Crippen LogP contribution in [0, 0.1) is 0 Å². The number of ether oxygens (including phenoxy) is 4. The Kier molecular flexibility index (Phi) is 10.2. The number of hydrogen-bond donors (Lipinski definition) is 1. The van der Waals surface area contributed by atoms with Gasteiger partial charge in [-0.15, -0.1) is 10.2 Å². The van der Waals surface area contributed by atoms with Crippen LogP contribution in [0.15, 0.2) is 48.9 Å². The van der Waals surface area contributed by atoms with E-state index in [0.29, 0.717) is 47.8 Å². The van der Waals surface area contributed by atoms with E-state index in [0.717, 1.165) is 0 Å². The van der Waals surface area contributed by atoms with Crippen LogP contribution in [0.5, 0.6) is 0 Å². The molecule has 2 aromatic heterocycles. The normalized spacial score (nSPS) is 18.5. The molecule has 1 fully saturated rings. The van der Waals surface area contributed by atoms with Crippen LogP contribution >= 0.6 is 11.6 Å². The second-order valence-electron chi connectivity index (χ2n) is 8.26. The van der Waals surface area contributed by atoms with E-state index in [-0.39, 0.29) is 12.6 Å². The summed E-state index contributed by atoms with van der Waals surface area (Å²) < 4.78 is 52.8. The van der Waals surface area contributed by atoms with Gasteiger partial charge in [0.15, 0.2) is 5.82 Å². The van der Waals surface area contributed by atoms with Gasteiger partial charge in [-0.2, -0.15) is 0 Å². The Morgan fingerprint density at radius 2 is 2.11 bits per heavy atom.